The second-order valence-electron chi connectivity index (χ2n) is 3.75. The van der Waals surface area contributed by atoms with Gasteiger partial charge in [-0.25, -0.2) is 0 Å². The number of hydrogen-bond donors (Lipinski definition) is 0. The SMILES string of the molecule is Cc1ccc2cc(C(F)(F)F)cc(Cl)c2c1Cl. The molecule has 0 saturated heterocycles. The van der Waals surface area contributed by atoms with Crippen molar-refractivity contribution in [2.45, 2.75) is 13.1 Å². The largest absolute Gasteiger partial charge is 0.416 e. The summed E-state index contributed by atoms with van der Waals surface area (Å²) in [7, 11) is 0. The lowest BCUT2D eigenvalue weighted by atomic mass is 10.0. The van der Waals surface area contributed by atoms with Crippen LogP contribution in [0.25, 0.3) is 10.8 Å². The van der Waals surface area contributed by atoms with E-state index in [1.165, 1.54) is 0 Å². The minimum absolute atomic E-state index is 0.0172. The molecule has 0 aliphatic rings. The molecule has 0 aliphatic carbocycles. The molecule has 0 aromatic heterocycles. The summed E-state index contributed by atoms with van der Waals surface area (Å²) in [4.78, 5) is 0. The van der Waals surface area contributed by atoms with Crippen LogP contribution in [0.15, 0.2) is 24.3 Å². The Morgan fingerprint density at radius 2 is 1.71 bits per heavy atom. The topological polar surface area (TPSA) is 0 Å². The van der Waals surface area contributed by atoms with Crippen molar-refractivity contribution in [1.82, 2.24) is 0 Å². The molecule has 2 aromatic carbocycles. The third kappa shape index (κ3) is 2.22. The van der Waals surface area contributed by atoms with Crippen molar-refractivity contribution in [1.29, 1.82) is 0 Å². The fourth-order valence-corrected chi connectivity index (χ4v) is 2.28. The van der Waals surface area contributed by atoms with Gasteiger partial charge in [0, 0.05) is 5.39 Å². The van der Waals surface area contributed by atoms with Gasteiger partial charge in [0.05, 0.1) is 15.6 Å². The van der Waals surface area contributed by atoms with Crippen LogP contribution in [-0.4, -0.2) is 0 Å². The van der Waals surface area contributed by atoms with E-state index in [2.05, 4.69) is 0 Å². The summed E-state index contributed by atoms with van der Waals surface area (Å²) in [5, 5.41) is 1.26. The van der Waals surface area contributed by atoms with Crippen LogP contribution in [0.1, 0.15) is 11.1 Å². The van der Waals surface area contributed by atoms with Crippen LogP contribution in [0.5, 0.6) is 0 Å². The highest BCUT2D eigenvalue weighted by molar-refractivity contribution is 6.42. The molecule has 0 radical (unpaired) electrons. The normalized spacial score (nSPS) is 12.1. The average molecular weight is 279 g/mol. The van der Waals surface area contributed by atoms with Gasteiger partial charge in [-0.3, -0.25) is 0 Å². The third-order valence-corrected chi connectivity index (χ3v) is 3.31. The van der Waals surface area contributed by atoms with Crippen molar-refractivity contribution < 1.29 is 13.2 Å². The molecule has 0 unspecified atom stereocenters. The van der Waals surface area contributed by atoms with Gasteiger partial charge in [0.1, 0.15) is 0 Å². The van der Waals surface area contributed by atoms with E-state index in [0.717, 1.165) is 17.7 Å². The van der Waals surface area contributed by atoms with E-state index in [-0.39, 0.29) is 5.02 Å². The summed E-state index contributed by atoms with van der Waals surface area (Å²) < 4.78 is 37.8. The maximum atomic E-state index is 12.6. The zero-order valence-corrected chi connectivity index (χ0v) is 10.2. The van der Waals surface area contributed by atoms with Crippen LogP contribution < -0.4 is 0 Å². The molecule has 0 heterocycles. The number of aryl methyl sites for hydroxylation is 1. The van der Waals surface area contributed by atoms with E-state index < -0.39 is 11.7 Å². The molecule has 0 amide bonds. The predicted molar refractivity (Wildman–Crippen MR) is 63.7 cm³/mol. The van der Waals surface area contributed by atoms with Crippen LogP contribution in [0, 0.1) is 6.92 Å². The van der Waals surface area contributed by atoms with E-state index in [9.17, 15) is 13.2 Å². The van der Waals surface area contributed by atoms with E-state index in [0.29, 0.717) is 15.8 Å². The van der Waals surface area contributed by atoms with Crippen molar-refractivity contribution in [3.63, 3.8) is 0 Å². The van der Waals surface area contributed by atoms with Crippen molar-refractivity contribution in [2.24, 2.45) is 0 Å². The highest BCUT2D eigenvalue weighted by Crippen LogP contribution is 2.38. The van der Waals surface area contributed by atoms with Gasteiger partial charge in [0.25, 0.3) is 0 Å². The monoisotopic (exact) mass is 278 g/mol. The Balaban J connectivity index is 2.82. The molecule has 0 bridgehead atoms. The van der Waals surface area contributed by atoms with E-state index in [1.54, 1.807) is 19.1 Å². The highest BCUT2D eigenvalue weighted by Gasteiger charge is 2.31. The molecule has 0 spiro atoms. The summed E-state index contributed by atoms with van der Waals surface area (Å²) in [6.45, 7) is 1.77. The quantitative estimate of drug-likeness (QED) is 0.599. The lowest BCUT2D eigenvalue weighted by Crippen LogP contribution is -2.04. The first-order valence-corrected chi connectivity index (χ1v) is 5.52. The summed E-state index contributed by atoms with van der Waals surface area (Å²) in [5.74, 6) is 0. The van der Waals surface area contributed by atoms with Crippen molar-refractivity contribution in [2.75, 3.05) is 0 Å². The number of benzene rings is 2. The van der Waals surface area contributed by atoms with Gasteiger partial charge >= 0.3 is 6.18 Å². The Morgan fingerprint density at radius 1 is 1.06 bits per heavy atom. The van der Waals surface area contributed by atoms with Crippen molar-refractivity contribution in [3.05, 3.63) is 45.4 Å². The smallest absolute Gasteiger partial charge is 0.166 e. The van der Waals surface area contributed by atoms with Crippen molar-refractivity contribution in [3.8, 4) is 0 Å². The van der Waals surface area contributed by atoms with Crippen LogP contribution in [-0.2, 0) is 6.18 Å². The standard InChI is InChI=1S/C12H7Cl2F3/c1-6-2-3-7-4-8(12(15,16)17)5-9(13)10(7)11(6)14/h2-5H,1H3. The lowest BCUT2D eigenvalue weighted by molar-refractivity contribution is -0.137. The molecular weight excluding hydrogens is 272 g/mol. The van der Waals surface area contributed by atoms with Gasteiger partial charge in [0.2, 0.25) is 0 Å². The zero-order valence-electron chi connectivity index (χ0n) is 8.70. The molecule has 5 heteroatoms. The second-order valence-corrected chi connectivity index (χ2v) is 4.54. The first-order chi connectivity index (χ1) is 7.80. The second kappa shape index (κ2) is 4.07. The van der Waals surface area contributed by atoms with Crippen LogP contribution in [0.3, 0.4) is 0 Å². The Labute approximate surface area is 106 Å². The third-order valence-electron chi connectivity index (χ3n) is 2.53. The molecule has 0 N–H and O–H groups in total. The number of fused-ring (bicyclic) bond motifs is 1. The molecule has 0 aliphatic heterocycles. The van der Waals surface area contributed by atoms with E-state index in [4.69, 9.17) is 23.2 Å². The molecular formula is C12H7Cl2F3. The first-order valence-electron chi connectivity index (χ1n) is 4.76. The van der Waals surface area contributed by atoms with Gasteiger partial charge in [0.15, 0.2) is 0 Å². The first kappa shape index (κ1) is 12.5. The maximum absolute atomic E-state index is 12.6. The maximum Gasteiger partial charge on any atom is 0.416 e. The molecule has 0 nitrogen and oxygen atoms in total. The predicted octanol–water partition coefficient (Wildman–Crippen LogP) is 5.47. The Kier molecular flexibility index (Phi) is 3.00. The number of alkyl halides is 3. The summed E-state index contributed by atoms with van der Waals surface area (Å²) in [6.07, 6.45) is -4.41. The summed E-state index contributed by atoms with van der Waals surface area (Å²) in [5.41, 5.74) is 0.00995. The van der Waals surface area contributed by atoms with Crippen molar-refractivity contribution >= 4 is 34.0 Å². The molecule has 2 rings (SSSR count). The Bertz CT molecular complexity index is 588. The number of rotatable bonds is 0. The van der Waals surface area contributed by atoms with Crippen LogP contribution in [0.4, 0.5) is 13.2 Å². The molecule has 0 atom stereocenters. The zero-order chi connectivity index (χ0) is 12.8. The van der Waals surface area contributed by atoms with Crippen LogP contribution in [0.2, 0.25) is 10.0 Å². The minimum atomic E-state index is -4.41. The Morgan fingerprint density at radius 3 is 2.29 bits per heavy atom. The highest BCUT2D eigenvalue weighted by atomic mass is 35.5. The summed E-state index contributed by atoms with van der Waals surface area (Å²) >= 11 is 11.9. The van der Waals surface area contributed by atoms with Gasteiger partial charge in [-0.1, -0.05) is 35.3 Å². The minimum Gasteiger partial charge on any atom is -0.166 e. The number of hydrogen-bond acceptors (Lipinski definition) is 0. The molecule has 0 saturated carbocycles. The lowest BCUT2D eigenvalue weighted by Gasteiger charge is -2.11. The van der Waals surface area contributed by atoms with Gasteiger partial charge in [-0.05, 0) is 30.0 Å². The molecule has 0 fully saturated rings. The van der Waals surface area contributed by atoms with Gasteiger partial charge in [-0.15, -0.1) is 0 Å². The molecule has 90 valence electrons. The van der Waals surface area contributed by atoms with Gasteiger partial charge in [-0.2, -0.15) is 13.2 Å². The van der Waals surface area contributed by atoms with Crippen LogP contribution >= 0.6 is 23.2 Å². The van der Waals surface area contributed by atoms with E-state index >= 15 is 0 Å². The average Bonchev–Trinajstić information content (AvgIpc) is 2.21. The molecule has 17 heavy (non-hydrogen) atoms. The fraction of sp³-hybridized carbons (Fsp3) is 0.167. The number of halogens is 5. The molecule has 2 aromatic rings. The fourth-order valence-electron chi connectivity index (χ4n) is 1.64. The van der Waals surface area contributed by atoms with Gasteiger partial charge < -0.3 is 0 Å². The Hall–Kier alpha value is -0.930. The summed E-state index contributed by atoms with van der Waals surface area (Å²) in [6, 6.07) is 5.19. The van der Waals surface area contributed by atoms with E-state index in [1.807, 2.05) is 0 Å².